The highest BCUT2D eigenvalue weighted by Gasteiger charge is 2.35. The van der Waals surface area contributed by atoms with Crippen molar-refractivity contribution >= 4 is 16.9 Å². The third-order valence-electron chi connectivity index (χ3n) is 4.90. The Hall–Kier alpha value is -1.95. The number of fused-ring (bicyclic) bond motifs is 1. The van der Waals surface area contributed by atoms with E-state index in [0.29, 0.717) is 17.5 Å². The third-order valence-corrected chi connectivity index (χ3v) is 4.90. The van der Waals surface area contributed by atoms with Gasteiger partial charge in [-0.05, 0) is 39.2 Å². The highest BCUT2D eigenvalue weighted by Crippen LogP contribution is 2.30. The molecule has 2 aliphatic rings. The number of carbonyl (C=O) groups excluding carboxylic acids is 1. The molecular weight excluding hydrogens is 304 g/mol. The van der Waals surface area contributed by atoms with Crippen LogP contribution >= 0.6 is 0 Å². The zero-order chi connectivity index (χ0) is 16.7. The number of nitrogens with zero attached hydrogens (tertiary/aromatic N) is 4. The van der Waals surface area contributed by atoms with E-state index in [0.717, 1.165) is 50.1 Å². The lowest BCUT2D eigenvalue weighted by Gasteiger charge is -2.25. The fourth-order valence-electron chi connectivity index (χ4n) is 3.39. The van der Waals surface area contributed by atoms with Gasteiger partial charge in [0.2, 0.25) is 0 Å². The molecule has 0 unspecified atom stereocenters. The van der Waals surface area contributed by atoms with Gasteiger partial charge in [0.1, 0.15) is 0 Å². The molecule has 2 fully saturated rings. The average Bonchev–Trinajstić information content (AvgIpc) is 3.11. The summed E-state index contributed by atoms with van der Waals surface area (Å²) in [5.74, 6) is 0.561. The lowest BCUT2D eigenvalue weighted by molar-refractivity contribution is 0.0706. The minimum atomic E-state index is 0.0936. The van der Waals surface area contributed by atoms with Crippen LogP contribution in [0.15, 0.2) is 18.5 Å². The summed E-state index contributed by atoms with van der Waals surface area (Å²) >= 11 is 0. The number of carbonyl (C=O) groups is 1. The molecule has 4 rings (SSSR count). The molecule has 6 nitrogen and oxygen atoms in total. The first-order valence-corrected chi connectivity index (χ1v) is 8.85. The van der Waals surface area contributed by atoms with Gasteiger partial charge in [0.05, 0.1) is 18.4 Å². The van der Waals surface area contributed by atoms with Crippen LogP contribution in [0.3, 0.4) is 0 Å². The molecule has 0 radical (unpaired) electrons. The van der Waals surface area contributed by atoms with Gasteiger partial charge in [-0.25, -0.2) is 9.67 Å². The Bertz CT molecular complexity index is 745. The molecule has 1 aliphatic heterocycles. The Morgan fingerprint density at radius 1 is 1.38 bits per heavy atom. The van der Waals surface area contributed by atoms with Crippen LogP contribution in [0.2, 0.25) is 0 Å². The fourth-order valence-corrected chi connectivity index (χ4v) is 3.39. The van der Waals surface area contributed by atoms with E-state index in [9.17, 15) is 4.79 Å². The van der Waals surface area contributed by atoms with E-state index in [-0.39, 0.29) is 11.9 Å². The van der Waals surface area contributed by atoms with Crippen molar-refractivity contribution in [3.05, 3.63) is 24.0 Å². The van der Waals surface area contributed by atoms with Crippen LogP contribution in [-0.2, 0) is 4.74 Å². The molecule has 0 aromatic carbocycles. The van der Waals surface area contributed by atoms with Gasteiger partial charge in [-0.15, -0.1) is 0 Å². The van der Waals surface area contributed by atoms with Crippen molar-refractivity contribution in [1.29, 1.82) is 0 Å². The van der Waals surface area contributed by atoms with Gasteiger partial charge in [0, 0.05) is 42.7 Å². The molecule has 128 valence electrons. The van der Waals surface area contributed by atoms with E-state index in [2.05, 4.69) is 23.9 Å². The Kier molecular flexibility index (Phi) is 4.00. The molecule has 2 aromatic rings. The molecule has 3 heterocycles. The zero-order valence-corrected chi connectivity index (χ0v) is 14.3. The summed E-state index contributed by atoms with van der Waals surface area (Å²) in [7, 11) is 0. The first-order chi connectivity index (χ1) is 11.6. The summed E-state index contributed by atoms with van der Waals surface area (Å²) in [5, 5.41) is 5.31. The van der Waals surface area contributed by atoms with E-state index in [1.165, 1.54) is 0 Å². The normalized spacial score (nSPS) is 20.9. The van der Waals surface area contributed by atoms with Crippen molar-refractivity contribution in [2.45, 2.75) is 45.2 Å². The van der Waals surface area contributed by atoms with Gasteiger partial charge >= 0.3 is 0 Å². The minimum absolute atomic E-state index is 0.0936. The lowest BCUT2D eigenvalue weighted by atomic mass is 10.1. The second kappa shape index (κ2) is 6.16. The highest BCUT2D eigenvalue weighted by atomic mass is 16.5. The Morgan fingerprint density at radius 2 is 2.21 bits per heavy atom. The summed E-state index contributed by atoms with van der Waals surface area (Å²) < 4.78 is 7.35. The van der Waals surface area contributed by atoms with E-state index in [4.69, 9.17) is 4.74 Å². The smallest absolute Gasteiger partial charge is 0.255 e. The van der Waals surface area contributed by atoms with Gasteiger partial charge in [-0.1, -0.05) is 0 Å². The minimum Gasteiger partial charge on any atom is -0.381 e. The van der Waals surface area contributed by atoms with Crippen molar-refractivity contribution in [3.8, 4) is 0 Å². The lowest BCUT2D eigenvalue weighted by Crippen LogP contribution is -2.37. The number of ether oxygens (including phenoxy) is 1. The summed E-state index contributed by atoms with van der Waals surface area (Å²) in [4.78, 5) is 19.6. The largest absolute Gasteiger partial charge is 0.381 e. The van der Waals surface area contributed by atoms with Crippen LogP contribution in [0.4, 0.5) is 0 Å². The van der Waals surface area contributed by atoms with Crippen LogP contribution in [0.25, 0.3) is 11.0 Å². The maximum Gasteiger partial charge on any atom is 0.255 e. The fraction of sp³-hybridized carbons (Fsp3) is 0.611. The van der Waals surface area contributed by atoms with E-state index >= 15 is 0 Å². The van der Waals surface area contributed by atoms with E-state index in [1.807, 2.05) is 15.6 Å². The van der Waals surface area contributed by atoms with Crippen LogP contribution in [0.5, 0.6) is 0 Å². The number of pyridine rings is 1. The van der Waals surface area contributed by atoms with Gasteiger partial charge in [-0.3, -0.25) is 4.79 Å². The Morgan fingerprint density at radius 3 is 2.88 bits per heavy atom. The maximum absolute atomic E-state index is 13.0. The monoisotopic (exact) mass is 328 g/mol. The zero-order valence-electron chi connectivity index (χ0n) is 14.3. The number of hydrogen-bond acceptors (Lipinski definition) is 4. The predicted octanol–water partition coefficient (Wildman–Crippen LogP) is 2.65. The number of hydrogen-bond donors (Lipinski definition) is 0. The van der Waals surface area contributed by atoms with E-state index in [1.54, 1.807) is 12.4 Å². The molecule has 0 spiro atoms. The summed E-state index contributed by atoms with van der Waals surface area (Å²) in [6.45, 7) is 6.54. The number of amides is 1. The summed E-state index contributed by atoms with van der Waals surface area (Å²) in [5.41, 5.74) is 1.50. The van der Waals surface area contributed by atoms with Crippen molar-refractivity contribution < 1.29 is 9.53 Å². The summed E-state index contributed by atoms with van der Waals surface area (Å²) in [6.07, 6.45) is 6.77. The molecule has 0 N–H and O–H groups in total. The number of rotatable bonds is 5. The highest BCUT2D eigenvalue weighted by molar-refractivity contribution is 5.97. The first-order valence-electron chi connectivity index (χ1n) is 8.85. The second-order valence-electron chi connectivity index (χ2n) is 7.24. The molecule has 0 bridgehead atoms. The Balaban J connectivity index is 1.58. The third kappa shape index (κ3) is 2.90. The quantitative estimate of drug-likeness (QED) is 0.846. The van der Waals surface area contributed by atoms with Crippen LogP contribution < -0.4 is 0 Å². The molecule has 2 aromatic heterocycles. The van der Waals surface area contributed by atoms with Gasteiger partial charge < -0.3 is 9.64 Å². The molecule has 1 amide bonds. The van der Waals surface area contributed by atoms with Crippen LogP contribution in [-0.4, -0.2) is 51.4 Å². The molecule has 1 atom stereocenters. The van der Waals surface area contributed by atoms with E-state index < -0.39 is 0 Å². The first kappa shape index (κ1) is 15.6. The standard InChI is InChI=1S/C18H24N4O2/c1-12(2)22-17-14(9-20-22)7-15(8-19-17)18(23)21(16-3-4-16)10-13-5-6-24-11-13/h7-9,12-13,16H,3-6,10-11H2,1-2H3/t13-/m1/s1. The van der Waals surface area contributed by atoms with Crippen LogP contribution in [0.1, 0.15) is 49.5 Å². The molecule has 1 saturated carbocycles. The average molecular weight is 328 g/mol. The van der Waals surface area contributed by atoms with Crippen molar-refractivity contribution in [2.24, 2.45) is 5.92 Å². The van der Waals surface area contributed by atoms with Gasteiger partial charge in [0.25, 0.3) is 5.91 Å². The second-order valence-corrected chi connectivity index (χ2v) is 7.24. The topological polar surface area (TPSA) is 60.2 Å². The molecule has 1 saturated heterocycles. The number of aromatic nitrogens is 3. The Labute approximate surface area is 141 Å². The molecule has 6 heteroatoms. The molecule has 24 heavy (non-hydrogen) atoms. The maximum atomic E-state index is 13.0. The van der Waals surface area contributed by atoms with Crippen molar-refractivity contribution in [2.75, 3.05) is 19.8 Å². The summed E-state index contributed by atoms with van der Waals surface area (Å²) in [6, 6.07) is 2.57. The van der Waals surface area contributed by atoms with Crippen molar-refractivity contribution in [1.82, 2.24) is 19.7 Å². The molecule has 1 aliphatic carbocycles. The SMILES string of the molecule is CC(C)n1ncc2cc(C(=O)N(C[C@H]3CCOC3)C3CC3)cnc21. The van der Waals surface area contributed by atoms with Gasteiger partial charge in [-0.2, -0.15) is 5.10 Å². The van der Waals surface area contributed by atoms with Crippen molar-refractivity contribution in [3.63, 3.8) is 0 Å². The molecular formula is C18H24N4O2. The van der Waals surface area contributed by atoms with Gasteiger partial charge in [0.15, 0.2) is 5.65 Å². The van der Waals surface area contributed by atoms with Crippen LogP contribution in [0, 0.1) is 5.92 Å². The predicted molar refractivity (Wildman–Crippen MR) is 90.9 cm³/mol.